The minimum atomic E-state index is -0.748. The van der Waals surface area contributed by atoms with Crippen LogP contribution in [-0.4, -0.2) is 30.1 Å². The third-order valence-corrected chi connectivity index (χ3v) is 2.59. The molecule has 18 heavy (non-hydrogen) atoms. The molecule has 2 amide bonds. The highest BCUT2D eigenvalue weighted by Gasteiger charge is 2.13. The molecular weight excluding hydrogens is 232 g/mol. The standard InChI is InChI=1S/C13H18N2O3/c1-3-10-8-11(5-4-9(10)2)15-13(18)12(17)14-6-7-16/h4-5,8,16H,3,6-7H2,1-2H3,(H,14,17)(H,15,18). The number of nitrogens with one attached hydrogen (secondary N) is 2. The molecule has 0 aliphatic rings. The number of hydrogen-bond donors (Lipinski definition) is 3. The van der Waals surface area contributed by atoms with Crippen LogP contribution in [0, 0.1) is 6.92 Å². The molecule has 0 aliphatic carbocycles. The van der Waals surface area contributed by atoms with Gasteiger partial charge in [0.15, 0.2) is 0 Å². The molecule has 5 heteroatoms. The van der Waals surface area contributed by atoms with E-state index < -0.39 is 11.8 Å². The second kappa shape index (κ2) is 6.76. The Hall–Kier alpha value is -1.88. The third-order valence-electron chi connectivity index (χ3n) is 2.59. The van der Waals surface area contributed by atoms with Gasteiger partial charge in [0, 0.05) is 12.2 Å². The average Bonchev–Trinajstić information content (AvgIpc) is 2.37. The number of amides is 2. The molecular formula is C13H18N2O3. The van der Waals surface area contributed by atoms with Crippen molar-refractivity contribution in [2.75, 3.05) is 18.5 Å². The van der Waals surface area contributed by atoms with Crippen molar-refractivity contribution in [3.63, 3.8) is 0 Å². The van der Waals surface area contributed by atoms with E-state index in [1.54, 1.807) is 6.07 Å². The highest BCUT2D eigenvalue weighted by atomic mass is 16.3. The summed E-state index contributed by atoms with van der Waals surface area (Å²) in [5.74, 6) is -1.47. The smallest absolute Gasteiger partial charge is 0.313 e. The Morgan fingerprint density at radius 1 is 1.28 bits per heavy atom. The molecule has 1 aromatic carbocycles. The molecule has 0 saturated heterocycles. The summed E-state index contributed by atoms with van der Waals surface area (Å²) in [4.78, 5) is 22.8. The maximum Gasteiger partial charge on any atom is 0.313 e. The number of hydrogen-bond acceptors (Lipinski definition) is 3. The van der Waals surface area contributed by atoms with Crippen LogP contribution < -0.4 is 10.6 Å². The zero-order chi connectivity index (χ0) is 13.5. The van der Waals surface area contributed by atoms with Crippen LogP contribution in [0.1, 0.15) is 18.1 Å². The predicted molar refractivity (Wildman–Crippen MR) is 69.3 cm³/mol. The maximum atomic E-state index is 11.5. The SMILES string of the molecule is CCc1cc(NC(=O)C(=O)NCCO)ccc1C. The van der Waals surface area contributed by atoms with E-state index in [1.165, 1.54) is 0 Å². The summed E-state index contributed by atoms with van der Waals surface area (Å²) in [6.07, 6.45) is 0.867. The third kappa shape index (κ3) is 3.85. The molecule has 0 spiro atoms. The Bertz CT molecular complexity index is 444. The van der Waals surface area contributed by atoms with Gasteiger partial charge in [0.05, 0.1) is 6.61 Å². The van der Waals surface area contributed by atoms with Crippen LogP contribution >= 0.6 is 0 Å². The first-order valence-electron chi connectivity index (χ1n) is 5.88. The van der Waals surface area contributed by atoms with E-state index in [1.807, 2.05) is 26.0 Å². The Morgan fingerprint density at radius 2 is 2.00 bits per heavy atom. The lowest BCUT2D eigenvalue weighted by Crippen LogP contribution is -2.36. The predicted octanol–water partition coefficient (Wildman–Crippen LogP) is 0.604. The molecule has 0 saturated carbocycles. The van der Waals surface area contributed by atoms with E-state index in [9.17, 15) is 9.59 Å². The van der Waals surface area contributed by atoms with Gasteiger partial charge in [-0.15, -0.1) is 0 Å². The second-order valence-electron chi connectivity index (χ2n) is 3.93. The van der Waals surface area contributed by atoms with Crippen LogP contribution in [0.25, 0.3) is 0 Å². The maximum absolute atomic E-state index is 11.5. The van der Waals surface area contributed by atoms with Crippen LogP contribution in [0.15, 0.2) is 18.2 Å². The normalized spacial score (nSPS) is 9.94. The van der Waals surface area contributed by atoms with Gasteiger partial charge >= 0.3 is 11.8 Å². The highest BCUT2D eigenvalue weighted by Crippen LogP contribution is 2.15. The van der Waals surface area contributed by atoms with Crippen LogP contribution in [0.3, 0.4) is 0 Å². The molecule has 0 radical (unpaired) electrons. The number of rotatable bonds is 4. The van der Waals surface area contributed by atoms with Crippen molar-refractivity contribution in [3.05, 3.63) is 29.3 Å². The fraction of sp³-hybridized carbons (Fsp3) is 0.385. The van der Waals surface area contributed by atoms with Crippen LogP contribution in [0.5, 0.6) is 0 Å². The lowest BCUT2D eigenvalue weighted by Gasteiger charge is -2.08. The number of anilines is 1. The summed E-state index contributed by atoms with van der Waals surface area (Å²) in [6, 6.07) is 5.51. The molecule has 3 N–H and O–H groups in total. The van der Waals surface area contributed by atoms with E-state index in [4.69, 9.17) is 5.11 Å². The van der Waals surface area contributed by atoms with Gasteiger partial charge in [-0.2, -0.15) is 0 Å². The summed E-state index contributed by atoms with van der Waals surface area (Å²) in [5, 5.41) is 13.4. The lowest BCUT2D eigenvalue weighted by atomic mass is 10.1. The number of aliphatic hydroxyl groups excluding tert-OH is 1. The first kappa shape index (κ1) is 14.2. The van der Waals surface area contributed by atoms with Gasteiger partial charge < -0.3 is 15.7 Å². The van der Waals surface area contributed by atoms with Gasteiger partial charge in [-0.25, -0.2) is 0 Å². The molecule has 0 heterocycles. The van der Waals surface area contributed by atoms with Crippen molar-refractivity contribution in [2.24, 2.45) is 0 Å². The zero-order valence-corrected chi connectivity index (χ0v) is 10.6. The van der Waals surface area contributed by atoms with Gasteiger partial charge in [0.25, 0.3) is 0 Å². The second-order valence-corrected chi connectivity index (χ2v) is 3.93. The van der Waals surface area contributed by atoms with Crippen molar-refractivity contribution >= 4 is 17.5 Å². The van der Waals surface area contributed by atoms with E-state index in [-0.39, 0.29) is 13.2 Å². The monoisotopic (exact) mass is 250 g/mol. The molecule has 1 aromatic rings. The van der Waals surface area contributed by atoms with Crippen molar-refractivity contribution in [1.82, 2.24) is 5.32 Å². The number of aryl methyl sites for hydroxylation is 2. The minimum Gasteiger partial charge on any atom is -0.395 e. The average molecular weight is 250 g/mol. The number of aliphatic hydroxyl groups is 1. The molecule has 0 atom stereocenters. The topological polar surface area (TPSA) is 78.4 Å². The number of benzene rings is 1. The van der Waals surface area contributed by atoms with Crippen molar-refractivity contribution in [2.45, 2.75) is 20.3 Å². The molecule has 0 fully saturated rings. The summed E-state index contributed by atoms with van der Waals surface area (Å²) >= 11 is 0. The Labute approximate surface area is 106 Å². The summed E-state index contributed by atoms with van der Waals surface area (Å²) in [5.41, 5.74) is 2.88. The van der Waals surface area contributed by atoms with Gasteiger partial charge in [-0.1, -0.05) is 13.0 Å². The molecule has 1 rings (SSSR count). The van der Waals surface area contributed by atoms with Crippen molar-refractivity contribution < 1.29 is 14.7 Å². The molecule has 0 unspecified atom stereocenters. The van der Waals surface area contributed by atoms with Crippen molar-refractivity contribution in [1.29, 1.82) is 0 Å². The van der Waals surface area contributed by atoms with Gasteiger partial charge in [-0.3, -0.25) is 9.59 Å². The summed E-state index contributed by atoms with van der Waals surface area (Å²) in [7, 11) is 0. The molecule has 98 valence electrons. The molecule has 0 aromatic heterocycles. The van der Waals surface area contributed by atoms with Crippen LogP contribution in [0.4, 0.5) is 5.69 Å². The Balaban J connectivity index is 2.67. The van der Waals surface area contributed by atoms with E-state index in [2.05, 4.69) is 10.6 Å². The lowest BCUT2D eigenvalue weighted by molar-refractivity contribution is -0.136. The molecule has 0 aliphatic heterocycles. The van der Waals surface area contributed by atoms with Gasteiger partial charge in [0.2, 0.25) is 0 Å². The Kier molecular flexibility index (Phi) is 5.32. The van der Waals surface area contributed by atoms with E-state index in [0.717, 1.165) is 17.5 Å². The first-order valence-corrected chi connectivity index (χ1v) is 5.88. The van der Waals surface area contributed by atoms with E-state index in [0.29, 0.717) is 5.69 Å². The molecule has 0 bridgehead atoms. The van der Waals surface area contributed by atoms with Crippen LogP contribution in [-0.2, 0) is 16.0 Å². The zero-order valence-electron chi connectivity index (χ0n) is 10.6. The quantitative estimate of drug-likeness (QED) is 0.685. The highest BCUT2D eigenvalue weighted by molar-refractivity contribution is 6.39. The van der Waals surface area contributed by atoms with Gasteiger partial charge in [0.1, 0.15) is 0 Å². The first-order chi connectivity index (χ1) is 8.58. The minimum absolute atomic E-state index is 0.0698. The van der Waals surface area contributed by atoms with Crippen LogP contribution in [0.2, 0.25) is 0 Å². The summed E-state index contributed by atoms with van der Waals surface area (Å²) < 4.78 is 0. The Morgan fingerprint density at radius 3 is 2.61 bits per heavy atom. The van der Waals surface area contributed by atoms with E-state index >= 15 is 0 Å². The summed E-state index contributed by atoms with van der Waals surface area (Å²) in [6.45, 7) is 3.91. The molecule has 5 nitrogen and oxygen atoms in total. The van der Waals surface area contributed by atoms with Crippen molar-refractivity contribution in [3.8, 4) is 0 Å². The van der Waals surface area contributed by atoms with Gasteiger partial charge in [-0.05, 0) is 36.6 Å². The number of carbonyl (C=O) groups is 2. The number of carbonyl (C=O) groups excluding carboxylic acids is 2. The fourth-order valence-electron chi connectivity index (χ4n) is 1.57. The largest absolute Gasteiger partial charge is 0.395 e. The fourth-order valence-corrected chi connectivity index (χ4v) is 1.57.